The van der Waals surface area contributed by atoms with Gasteiger partial charge in [-0.25, -0.2) is 4.98 Å². The minimum absolute atomic E-state index is 0.0424. The highest BCUT2D eigenvalue weighted by molar-refractivity contribution is 6.05. The van der Waals surface area contributed by atoms with E-state index < -0.39 is 0 Å². The van der Waals surface area contributed by atoms with Gasteiger partial charge in [-0.15, -0.1) is 0 Å². The molecule has 0 bridgehead atoms. The summed E-state index contributed by atoms with van der Waals surface area (Å²) in [6, 6.07) is 0. The number of rotatable bonds is 4. The van der Waals surface area contributed by atoms with Crippen molar-refractivity contribution in [3.8, 4) is 0 Å². The Morgan fingerprint density at radius 2 is 2.00 bits per heavy atom. The lowest BCUT2D eigenvalue weighted by molar-refractivity contribution is -0.140. The van der Waals surface area contributed by atoms with Gasteiger partial charge < -0.3 is 4.98 Å². The van der Waals surface area contributed by atoms with Crippen LogP contribution in [0.5, 0.6) is 0 Å². The largest absolute Gasteiger partial charge is 0.348 e. The third kappa shape index (κ3) is 2.07. The topological polar surface area (TPSA) is 66.1 Å². The highest BCUT2D eigenvalue weighted by Crippen LogP contribution is 2.44. The lowest BCUT2D eigenvalue weighted by atomic mass is 10.00. The summed E-state index contributed by atoms with van der Waals surface area (Å²) in [5.74, 6) is 0.562. The number of hydrogen-bond acceptors (Lipinski definition) is 3. The summed E-state index contributed by atoms with van der Waals surface area (Å²) in [6.45, 7) is 2.61. The van der Waals surface area contributed by atoms with Crippen molar-refractivity contribution in [2.24, 2.45) is 17.8 Å². The molecule has 0 aromatic carbocycles. The number of fused-ring (bicyclic) bond motifs is 1. The molecule has 1 saturated heterocycles. The standard InChI is InChI=1S/C14H19N3O2/c1-2-9-5-11-12(6-9)14(19)17(13(11)18)4-3-10-7-15-8-16-10/h7-9,11-12H,2-6H2,1H3,(H,15,16). The number of hydrogen-bond donors (Lipinski definition) is 1. The molecule has 5 heteroatoms. The Labute approximate surface area is 112 Å². The number of H-pyrrole nitrogens is 1. The second-order valence-corrected chi connectivity index (χ2v) is 5.61. The zero-order valence-corrected chi connectivity index (χ0v) is 11.1. The molecule has 3 rings (SSSR count). The van der Waals surface area contributed by atoms with Gasteiger partial charge >= 0.3 is 0 Å². The Morgan fingerprint density at radius 1 is 1.32 bits per heavy atom. The van der Waals surface area contributed by atoms with E-state index in [4.69, 9.17) is 0 Å². The van der Waals surface area contributed by atoms with Crippen LogP contribution in [0, 0.1) is 17.8 Å². The molecule has 1 saturated carbocycles. The van der Waals surface area contributed by atoms with E-state index in [1.807, 2.05) is 0 Å². The lowest BCUT2D eigenvalue weighted by Gasteiger charge is -2.16. The van der Waals surface area contributed by atoms with Crippen molar-refractivity contribution in [1.29, 1.82) is 0 Å². The maximum atomic E-state index is 12.3. The molecule has 1 aliphatic carbocycles. The zero-order chi connectivity index (χ0) is 13.4. The van der Waals surface area contributed by atoms with Crippen LogP contribution >= 0.6 is 0 Å². The van der Waals surface area contributed by atoms with Crippen molar-refractivity contribution in [3.05, 3.63) is 18.2 Å². The molecule has 1 aromatic heterocycles. The molecule has 1 aromatic rings. The van der Waals surface area contributed by atoms with E-state index in [9.17, 15) is 9.59 Å². The first-order chi connectivity index (χ1) is 9.20. The van der Waals surface area contributed by atoms with Gasteiger partial charge in [0.1, 0.15) is 0 Å². The number of carbonyl (C=O) groups excluding carboxylic acids is 2. The van der Waals surface area contributed by atoms with E-state index in [-0.39, 0.29) is 23.7 Å². The van der Waals surface area contributed by atoms with Crippen molar-refractivity contribution in [3.63, 3.8) is 0 Å². The first-order valence-electron chi connectivity index (χ1n) is 7.03. The first kappa shape index (κ1) is 12.4. The second kappa shape index (κ2) is 4.79. The quantitative estimate of drug-likeness (QED) is 0.832. The Balaban J connectivity index is 1.65. The van der Waals surface area contributed by atoms with E-state index in [0.717, 1.165) is 25.0 Å². The van der Waals surface area contributed by atoms with Crippen LogP contribution in [0.4, 0.5) is 0 Å². The van der Waals surface area contributed by atoms with Crippen molar-refractivity contribution >= 4 is 11.8 Å². The summed E-state index contributed by atoms with van der Waals surface area (Å²) in [5, 5.41) is 0. The lowest BCUT2D eigenvalue weighted by Crippen LogP contribution is -2.34. The fraction of sp³-hybridized carbons (Fsp3) is 0.643. The Morgan fingerprint density at radius 3 is 2.53 bits per heavy atom. The maximum absolute atomic E-state index is 12.3. The number of amides is 2. The van der Waals surface area contributed by atoms with Crippen LogP contribution in [-0.2, 0) is 16.0 Å². The average Bonchev–Trinajstić information content (AvgIpc) is 3.10. The van der Waals surface area contributed by atoms with Crippen molar-refractivity contribution in [1.82, 2.24) is 14.9 Å². The fourth-order valence-corrected chi connectivity index (χ4v) is 3.41. The average molecular weight is 261 g/mol. The summed E-state index contributed by atoms with van der Waals surface area (Å²) >= 11 is 0. The molecular formula is C14H19N3O2. The predicted octanol–water partition coefficient (Wildman–Crippen LogP) is 1.37. The third-order valence-corrected chi connectivity index (χ3v) is 4.56. The Bertz CT molecular complexity index is 459. The van der Waals surface area contributed by atoms with Crippen LogP contribution in [0.25, 0.3) is 0 Å². The van der Waals surface area contributed by atoms with E-state index in [0.29, 0.717) is 18.9 Å². The number of nitrogens with zero attached hydrogens (tertiary/aromatic N) is 2. The van der Waals surface area contributed by atoms with Gasteiger partial charge in [-0.3, -0.25) is 14.5 Å². The number of imidazole rings is 1. The van der Waals surface area contributed by atoms with Crippen LogP contribution in [0.3, 0.4) is 0 Å². The van der Waals surface area contributed by atoms with Gasteiger partial charge in [-0.1, -0.05) is 13.3 Å². The van der Waals surface area contributed by atoms with Gasteiger partial charge in [0.15, 0.2) is 0 Å². The van der Waals surface area contributed by atoms with Crippen LogP contribution in [-0.4, -0.2) is 33.2 Å². The monoisotopic (exact) mass is 261 g/mol. The van der Waals surface area contributed by atoms with E-state index in [2.05, 4.69) is 16.9 Å². The van der Waals surface area contributed by atoms with Gasteiger partial charge in [0.05, 0.1) is 18.2 Å². The number of aromatic amines is 1. The molecule has 2 aliphatic rings. The molecule has 0 radical (unpaired) electrons. The fourth-order valence-electron chi connectivity index (χ4n) is 3.41. The third-order valence-electron chi connectivity index (χ3n) is 4.56. The minimum Gasteiger partial charge on any atom is -0.348 e. The molecule has 2 amide bonds. The second-order valence-electron chi connectivity index (χ2n) is 5.61. The van der Waals surface area contributed by atoms with E-state index in [1.54, 1.807) is 12.5 Å². The molecule has 19 heavy (non-hydrogen) atoms. The van der Waals surface area contributed by atoms with E-state index >= 15 is 0 Å². The summed E-state index contributed by atoms with van der Waals surface area (Å²) in [7, 11) is 0. The molecule has 102 valence electrons. The van der Waals surface area contributed by atoms with Gasteiger partial charge in [0.2, 0.25) is 11.8 Å². The van der Waals surface area contributed by atoms with Gasteiger partial charge in [0.25, 0.3) is 0 Å². The molecule has 1 aliphatic heterocycles. The van der Waals surface area contributed by atoms with Crippen LogP contribution in [0.1, 0.15) is 31.9 Å². The van der Waals surface area contributed by atoms with Crippen molar-refractivity contribution in [2.45, 2.75) is 32.6 Å². The van der Waals surface area contributed by atoms with Gasteiger partial charge in [0, 0.05) is 24.9 Å². The minimum atomic E-state index is -0.0424. The Kier molecular flexibility index (Phi) is 3.12. The van der Waals surface area contributed by atoms with Gasteiger partial charge in [-0.2, -0.15) is 0 Å². The molecule has 2 fully saturated rings. The number of nitrogens with one attached hydrogen (secondary N) is 1. The van der Waals surface area contributed by atoms with Gasteiger partial charge in [-0.05, 0) is 18.8 Å². The summed E-state index contributed by atoms with van der Waals surface area (Å²) < 4.78 is 0. The molecular weight excluding hydrogens is 242 g/mol. The SMILES string of the molecule is CCC1CC2C(=O)N(CCc3cnc[nH]3)C(=O)C2C1. The highest BCUT2D eigenvalue weighted by Gasteiger charge is 2.51. The number of imide groups is 1. The molecule has 1 N–H and O–H groups in total. The summed E-state index contributed by atoms with van der Waals surface area (Å²) in [6.07, 6.45) is 6.87. The highest BCUT2D eigenvalue weighted by atomic mass is 16.2. The van der Waals surface area contributed by atoms with Crippen LogP contribution in [0.15, 0.2) is 12.5 Å². The van der Waals surface area contributed by atoms with Crippen molar-refractivity contribution in [2.75, 3.05) is 6.54 Å². The molecule has 2 heterocycles. The zero-order valence-electron chi connectivity index (χ0n) is 11.1. The predicted molar refractivity (Wildman–Crippen MR) is 69.0 cm³/mol. The summed E-state index contributed by atoms with van der Waals surface area (Å²) in [5.41, 5.74) is 0.962. The summed E-state index contributed by atoms with van der Waals surface area (Å²) in [4.78, 5) is 33.0. The smallest absolute Gasteiger partial charge is 0.233 e. The molecule has 5 nitrogen and oxygen atoms in total. The van der Waals surface area contributed by atoms with Crippen LogP contribution < -0.4 is 0 Å². The van der Waals surface area contributed by atoms with Crippen molar-refractivity contribution < 1.29 is 9.59 Å². The number of likely N-dealkylation sites (tertiary alicyclic amines) is 1. The molecule has 2 unspecified atom stereocenters. The number of aromatic nitrogens is 2. The maximum Gasteiger partial charge on any atom is 0.233 e. The first-order valence-corrected chi connectivity index (χ1v) is 7.03. The Hall–Kier alpha value is -1.65. The molecule has 0 spiro atoms. The number of carbonyl (C=O) groups is 2. The molecule has 2 atom stereocenters. The normalized spacial score (nSPS) is 30.2. The van der Waals surface area contributed by atoms with E-state index in [1.165, 1.54) is 4.90 Å². The van der Waals surface area contributed by atoms with Crippen LogP contribution in [0.2, 0.25) is 0 Å².